The number of nitrogens with zero attached hydrogens (tertiary/aromatic N) is 3. The van der Waals surface area contributed by atoms with Crippen molar-refractivity contribution >= 4 is 11.5 Å². The van der Waals surface area contributed by atoms with Crippen molar-refractivity contribution in [2.45, 2.75) is 38.9 Å². The van der Waals surface area contributed by atoms with Gasteiger partial charge in [-0.1, -0.05) is 35.9 Å². The van der Waals surface area contributed by atoms with Crippen LogP contribution in [0.1, 0.15) is 34.4 Å². The van der Waals surface area contributed by atoms with Gasteiger partial charge in [0.05, 0.1) is 11.3 Å². The highest BCUT2D eigenvalue weighted by molar-refractivity contribution is 5.67. The Morgan fingerprint density at radius 3 is 2.68 bits per heavy atom. The second-order valence-electron chi connectivity index (χ2n) is 7.96. The van der Waals surface area contributed by atoms with E-state index in [9.17, 15) is 13.2 Å². The van der Waals surface area contributed by atoms with Gasteiger partial charge in [0.1, 0.15) is 5.82 Å². The molecule has 2 aromatic heterocycles. The number of alkyl halides is 3. The van der Waals surface area contributed by atoms with Crippen LogP contribution >= 0.6 is 0 Å². The number of anilines is 1. The molecule has 0 spiro atoms. The second kappa shape index (κ2) is 7.41. The topological polar surface area (TPSA) is 42.2 Å². The third-order valence-electron chi connectivity index (χ3n) is 5.65. The van der Waals surface area contributed by atoms with Crippen molar-refractivity contribution in [2.24, 2.45) is 0 Å². The summed E-state index contributed by atoms with van der Waals surface area (Å²) in [5.41, 5.74) is 5.77. The number of aromatic nitrogens is 3. The molecule has 1 aliphatic carbocycles. The molecule has 0 aliphatic heterocycles. The Bertz CT molecular complexity index is 1270. The van der Waals surface area contributed by atoms with Crippen LogP contribution in [0.5, 0.6) is 0 Å². The Morgan fingerprint density at radius 2 is 1.87 bits per heavy atom. The van der Waals surface area contributed by atoms with Crippen molar-refractivity contribution in [3.63, 3.8) is 0 Å². The van der Waals surface area contributed by atoms with Crippen molar-refractivity contribution in [1.82, 2.24) is 14.6 Å². The molecule has 1 aliphatic rings. The molecule has 31 heavy (non-hydrogen) atoms. The summed E-state index contributed by atoms with van der Waals surface area (Å²) in [6.45, 7) is 2.31. The van der Waals surface area contributed by atoms with Gasteiger partial charge in [-0.3, -0.25) is 0 Å². The van der Waals surface area contributed by atoms with Gasteiger partial charge in [-0.15, -0.1) is 0 Å². The minimum absolute atomic E-state index is 0.273. The van der Waals surface area contributed by atoms with Crippen molar-refractivity contribution in [3.8, 4) is 11.3 Å². The minimum atomic E-state index is -4.36. The standard InChI is InChI=1S/C24H21F3N4/c1-15-5-2-7-17(11-15)21-13-22-29-20-10-4-9-19(20)23(31(22)30-21)28-14-16-6-3-8-18(12-16)24(25,26)27/h2-3,5-8,11-13,28H,4,9-10,14H2,1H3. The van der Waals surface area contributed by atoms with Crippen LogP contribution in [0.3, 0.4) is 0 Å². The summed E-state index contributed by atoms with van der Waals surface area (Å²) in [5, 5.41) is 8.13. The molecule has 0 bridgehead atoms. The number of nitrogens with one attached hydrogen (secondary N) is 1. The third-order valence-corrected chi connectivity index (χ3v) is 5.65. The summed E-state index contributed by atoms with van der Waals surface area (Å²) >= 11 is 0. The monoisotopic (exact) mass is 422 g/mol. The normalized spacial score (nSPS) is 13.5. The fourth-order valence-electron chi connectivity index (χ4n) is 4.16. The zero-order chi connectivity index (χ0) is 21.6. The molecule has 7 heteroatoms. The van der Waals surface area contributed by atoms with E-state index < -0.39 is 11.7 Å². The molecular formula is C24H21F3N4. The first-order valence-electron chi connectivity index (χ1n) is 10.3. The van der Waals surface area contributed by atoms with E-state index in [1.165, 1.54) is 12.1 Å². The molecule has 0 saturated carbocycles. The van der Waals surface area contributed by atoms with Crippen molar-refractivity contribution < 1.29 is 13.2 Å². The summed E-state index contributed by atoms with van der Waals surface area (Å²) in [6, 6.07) is 15.5. The molecule has 5 rings (SSSR count). The summed E-state index contributed by atoms with van der Waals surface area (Å²) in [7, 11) is 0. The first kappa shape index (κ1) is 19.6. The molecule has 0 saturated heterocycles. The maximum absolute atomic E-state index is 13.1. The van der Waals surface area contributed by atoms with Gasteiger partial charge >= 0.3 is 6.18 Å². The predicted molar refractivity (Wildman–Crippen MR) is 114 cm³/mol. The van der Waals surface area contributed by atoms with Crippen LogP contribution in [-0.4, -0.2) is 14.6 Å². The Labute approximate surface area is 177 Å². The molecular weight excluding hydrogens is 401 g/mol. The van der Waals surface area contributed by atoms with E-state index in [-0.39, 0.29) is 6.54 Å². The molecule has 0 radical (unpaired) electrons. The highest BCUT2D eigenvalue weighted by atomic mass is 19.4. The van der Waals surface area contributed by atoms with Gasteiger partial charge in [-0.05, 0) is 49.9 Å². The number of aryl methyl sites for hydroxylation is 2. The van der Waals surface area contributed by atoms with E-state index >= 15 is 0 Å². The van der Waals surface area contributed by atoms with Crippen LogP contribution in [0.25, 0.3) is 16.9 Å². The van der Waals surface area contributed by atoms with Gasteiger partial charge in [-0.25, -0.2) is 4.98 Å². The molecule has 0 unspecified atom stereocenters. The molecule has 0 fully saturated rings. The average Bonchev–Trinajstić information content (AvgIpc) is 3.37. The first-order valence-corrected chi connectivity index (χ1v) is 10.3. The number of fused-ring (bicyclic) bond motifs is 2. The third kappa shape index (κ3) is 3.76. The van der Waals surface area contributed by atoms with Crippen molar-refractivity contribution in [1.29, 1.82) is 0 Å². The zero-order valence-electron chi connectivity index (χ0n) is 17.0. The van der Waals surface area contributed by atoms with Crippen LogP contribution in [0.15, 0.2) is 54.6 Å². The molecule has 2 aromatic carbocycles. The number of hydrogen-bond acceptors (Lipinski definition) is 3. The molecule has 158 valence electrons. The fraction of sp³-hybridized carbons (Fsp3) is 0.250. The molecule has 4 nitrogen and oxygen atoms in total. The van der Waals surface area contributed by atoms with Crippen LogP contribution < -0.4 is 5.32 Å². The van der Waals surface area contributed by atoms with E-state index in [1.54, 1.807) is 10.6 Å². The lowest BCUT2D eigenvalue weighted by atomic mass is 10.1. The van der Waals surface area contributed by atoms with Gasteiger partial charge in [-0.2, -0.15) is 22.8 Å². The summed E-state index contributed by atoms with van der Waals surface area (Å²) in [4.78, 5) is 4.80. The summed E-state index contributed by atoms with van der Waals surface area (Å²) in [6.07, 6.45) is -1.57. The molecule has 0 atom stereocenters. The highest BCUT2D eigenvalue weighted by Gasteiger charge is 2.30. The van der Waals surface area contributed by atoms with Gasteiger partial charge in [0.15, 0.2) is 5.65 Å². The smallest absolute Gasteiger partial charge is 0.366 e. The summed E-state index contributed by atoms with van der Waals surface area (Å²) < 4.78 is 41.0. The van der Waals surface area contributed by atoms with Crippen molar-refractivity contribution in [2.75, 3.05) is 5.32 Å². The van der Waals surface area contributed by atoms with Gasteiger partial charge in [0.25, 0.3) is 0 Å². The number of hydrogen-bond donors (Lipinski definition) is 1. The minimum Gasteiger partial charge on any atom is -0.366 e. The lowest BCUT2D eigenvalue weighted by molar-refractivity contribution is -0.137. The van der Waals surface area contributed by atoms with E-state index in [0.29, 0.717) is 5.56 Å². The maximum Gasteiger partial charge on any atom is 0.416 e. The van der Waals surface area contributed by atoms with E-state index in [4.69, 9.17) is 10.1 Å². The SMILES string of the molecule is Cc1cccc(-c2cc3nc4c(c(NCc5cccc(C(F)(F)F)c5)n3n2)CCC4)c1. The van der Waals surface area contributed by atoms with E-state index in [2.05, 4.69) is 11.4 Å². The molecule has 1 N–H and O–H groups in total. The van der Waals surface area contributed by atoms with Crippen molar-refractivity contribution in [3.05, 3.63) is 82.5 Å². The largest absolute Gasteiger partial charge is 0.416 e. The molecule has 2 heterocycles. The predicted octanol–water partition coefficient (Wildman–Crippen LogP) is 5.82. The Balaban J connectivity index is 1.53. The zero-order valence-corrected chi connectivity index (χ0v) is 17.0. The molecule has 0 amide bonds. The average molecular weight is 422 g/mol. The van der Waals surface area contributed by atoms with Crippen LogP contribution in [0.4, 0.5) is 19.0 Å². The Kier molecular flexibility index (Phi) is 4.68. The van der Waals surface area contributed by atoms with Gasteiger partial charge < -0.3 is 5.32 Å². The van der Waals surface area contributed by atoms with E-state index in [1.807, 2.05) is 31.2 Å². The van der Waals surface area contributed by atoms with Crippen LogP contribution in [0.2, 0.25) is 0 Å². The van der Waals surface area contributed by atoms with E-state index in [0.717, 1.165) is 64.9 Å². The lowest BCUT2D eigenvalue weighted by Crippen LogP contribution is -2.11. The number of halogens is 3. The maximum atomic E-state index is 13.1. The fourth-order valence-corrected chi connectivity index (χ4v) is 4.16. The van der Waals surface area contributed by atoms with Gasteiger partial charge in [0, 0.05) is 29.4 Å². The quantitative estimate of drug-likeness (QED) is 0.450. The van der Waals surface area contributed by atoms with Crippen LogP contribution in [0, 0.1) is 6.92 Å². The lowest BCUT2D eigenvalue weighted by Gasteiger charge is -2.14. The Hall–Kier alpha value is -3.35. The highest BCUT2D eigenvalue weighted by Crippen LogP contribution is 2.32. The first-order chi connectivity index (χ1) is 14.9. The molecule has 4 aromatic rings. The van der Waals surface area contributed by atoms with Gasteiger partial charge in [0.2, 0.25) is 0 Å². The van der Waals surface area contributed by atoms with Crippen LogP contribution in [-0.2, 0) is 25.6 Å². The summed E-state index contributed by atoms with van der Waals surface area (Å²) in [5.74, 6) is 0.814. The Morgan fingerprint density at radius 1 is 1.03 bits per heavy atom. The number of rotatable bonds is 4. The number of benzene rings is 2. The second-order valence-corrected chi connectivity index (χ2v) is 7.96.